The molecule has 0 N–H and O–H groups in total. The van der Waals surface area contributed by atoms with Crippen molar-refractivity contribution in [2.75, 3.05) is 0 Å². The van der Waals surface area contributed by atoms with Gasteiger partial charge in [0.05, 0.1) is 8.42 Å². The lowest BCUT2D eigenvalue weighted by atomic mass is 10.7. The molecule has 3 rings (SSSR count). The van der Waals surface area contributed by atoms with Crippen molar-refractivity contribution in [2.45, 2.75) is 8.42 Å². The van der Waals surface area contributed by atoms with Crippen LogP contribution < -0.4 is 0 Å². The summed E-state index contributed by atoms with van der Waals surface area (Å²) in [6.07, 6.45) is 4.32. The van der Waals surface area contributed by atoms with Gasteiger partial charge >= 0.3 is 0 Å². The van der Waals surface area contributed by atoms with E-state index >= 15 is 0 Å². The molecule has 0 aliphatic heterocycles. The van der Waals surface area contributed by atoms with Gasteiger partial charge in [0.1, 0.15) is 0 Å². The predicted molar refractivity (Wildman–Crippen MR) is 74.0 cm³/mol. The summed E-state index contributed by atoms with van der Waals surface area (Å²) in [5.41, 5.74) is 0. The third-order valence-corrected chi connectivity index (χ3v) is 7.12. The molecule has 0 saturated carbocycles. The summed E-state index contributed by atoms with van der Waals surface area (Å²) in [5.74, 6) is 0. The number of rotatable bonds is 3. The highest BCUT2D eigenvalue weighted by Crippen LogP contribution is 2.49. The summed E-state index contributed by atoms with van der Waals surface area (Å²) in [4.78, 5) is 0. The summed E-state index contributed by atoms with van der Waals surface area (Å²) >= 11 is 3.30. The maximum Gasteiger partial charge on any atom is 0.0621 e. The Morgan fingerprint density at radius 2 is 1.38 bits per heavy atom. The van der Waals surface area contributed by atoms with E-state index in [1.165, 1.54) is 8.42 Å². The van der Waals surface area contributed by atoms with Gasteiger partial charge in [-0.25, -0.2) is 0 Å². The Hall–Kier alpha value is -0.970. The van der Waals surface area contributed by atoms with Crippen molar-refractivity contribution in [1.82, 2.24) is 3.97 Å². The molecule has 0 unspecified atom stereocenters. The third-order valence-electron chi connectivity index (χ3n) is 2.25. The first-order chi connectivity index (χ1) is 7.95. The highest BCUT2D eigenvalue weighted by molar-refractivity contribution is 8.18. The lowest BCUT2D eigenvalue weighted by Crippen LogP contribution is -1.91. The normalized spacial score (nSPS) is 11.6. The minimum atomic E-state index is -0.381. The van der Waals surface area contributed by atoms with Crippen LogP contribution in [0.4, 0.5) is 0 Å². The van der Waals surface area contributed by atoms with Crippen LogP contribution in [0.2, 0.25) is 0 Å². The van der Waals surface area contributed by atoms with Gasteiger partial charge in [-0.2, -0.15) is 0 Å². The number of hydrogen-bond acceptors (Lipinski definition) is 2. The van der Waals surface area contributed by atoms with Gasteiger partial charge in [0.25, 0.3) is 0 Å². The number of aromatic nitrogens is 1. The monoisotopic (exact) mass is 265 g/mol. The van der Waals surface area contributed by atoms with E-state index < -0.39 is 0 Å². The number of thiophene rings is 2. The molecule has 3 aromatic rings. The van der Waals surface area contributed by atoms with Crippen molar-refractivity contribution in [3.63, 3.8) is 0 Å². The third kappa shape index (κ3) is 1.84. The van der Waals surface area contributed by atoms with E-state index in [1.807, 2.05) is 22.7 Å². The molecule has 0 fully saturated rings. The van der Waals surface area contributed by atoms with Gasteiger partial charge in [0, 0.05) is 12.4 Å². The number of hydrogen-bond donors (Lipinski definition) is 1. The summed E-state index contributed by atoms with van der Waals surface area (Å²) in [6.45, 7) is 0. The zero-order valence-corrected chi connectivity index (χ0v) is 11.0. The second kappa shape index (κ2) is 4.49. The van der Waals surface area contributed by atoms with Gasteiger partial charge in [-0.1, -0.05) is 12.1 Å². The fraction of sp³-hybridized carbons (Fsp3) is 0. The van der Waals surface area contributed by atoms with Crippen LogP contribution in [0.1, 0.15) is 0 Å². The molecule has 0 aliphatic carbocycles. The molecule has 0 spiro atoms. The molecule has 0 bridgehead atoms. The maximum absolute atomic E-state index is 2.33. The molecule has 82 valence electrons. The molecule has 0 aliphatic rings. The van der Waals surface area contributed by atoms with Crippen LogP contribution in [-0.4, -0.2) is 3.97 Å². The molecule has 0 aromatic carbocycles. The summed E-state index contributed by atoms with van der Waals surface area (Å²) < 4.78 is 5.23. The zero-order chi connectivity index (χ0) is 10.8. The van der Waals surface area contributed by atoms with E-state index in [2.05, 4.69) is 63.5 Å². The zero-order valence-electron chi connectivity index (χ0n) is 8.48. The van der Waals surface area contributed by atoms with E-state index in [4.69, 9.17) is 0 Å². The largest absolute Gasteiger partial charge is 0.311 e. The van der Waals surface area contributed by atoms with E-state index in [9.17, 15) is 0 Å². The standard InChI is InChI=1S/C12H11NS3/c1-2-8-13(7-1)16(11-5-3-9-14-11)12-6-4-10-15-12/h1-10,16H. The van der Waals surface area contributed by atoms with Crippen molar-refractivity contribution >= 4 is 33.8 Å². The van der Waals surface area contributed by atoms with Crippen LogP contribution >= 0.6 is 33.8 Å². The van der Waals surface area contributed by atoms with E-state index in [0.717, 1.165) is 0 Å². The minimum absolute atomic E-state index is 0.381. The molecule has 0 radical (unpaired) electrons. The van der Waals surface area contributed by atoms with Gasteiger partial charge in [-0.15, -0.1) is 33.8 Å². The van der Waals surface area contributed by atoms with Crippen molar-refractivity contribution in [3.05, 3.63) is 59.6 Å². The smallest absolute Gasteiger partial charge is 0.0621 e. The van der Waals surface area contributed by atoms with Crippen molar-refractivity contribution in [1.29, 1.82) is 0 Å². The summed E-state index contributed by atoms with van der Waals surface area (Å²) in [5, 5.41) is 4.31. The fourth-order valence-corrected chi connectivity index (χ4v) is 6.52. The quantitative estimate of drug-likeness (QED) is 0.666. The molecule has 3 heterocycles. The summed E-state index contributed by atoms with van der Waals surface area (Å²) in [6, 6.07) is 12.9. The highest BCUT2D eigenvalue weighted by Gasteiger charge is 2.12. The second-order valence-corrected chi connectivity index (χ2v) is 7.83. The van der Waals surface area contributed by atoms with Gasteiger partial charge < -0.3 is 3.97 Å². The Bertz CT molecular complexity index is 441. The molecule has 16 heavy (non-hydrogen) atoms. The minimum Gasteiger partial charge on any atom is -0.311 e. The Kier molecular flexibility index (Phi) is 2.86. The SMILES string of the molecule is c1csc([SH](c2cccs2)n2cccc2)c1. The van der Waals surface area contributed by atoms with Crippen LogP contribution in [0.3, 0.4) is 0 Å². The first-order valence-electron chi connectivity index (χ1n) is 4.95. The molecule has 0 saturated heterocycles. The second-order valence-electron chi connectivity index (χ2n) is 3.28. The van der Waals surface area contributed by atoms with Gasteiger partial charge in [0.15, 0.2) is 0 Å². The Morgan fingerprint density at radius 3 is 1.81 bits per heavy atom. The van der Waals surface area contributed by atoms with E-state index in [1.54, 1.807) is 0 Å². The molecule has 1 nitrogen and oxygen atoms in total. The van der Waals surface area contributed by atoms with Gasteiger partial charge in [0.2, 0.25) is 0 Å². The van der Waals surface area contributed by atoms with Gasteiger partial charge in [-0.3, -0.25) is 0 Å². The van der Waals surface area contributed by atoms with Crippen LogP contribution in [0, 0.1) is 0 Å². The molecule has 4 heteroatoms. The first-order valence-corrected chi connectivity index (χ1v) is 8.01. The Morgan fingerprint density at radius 1 is 0.812 bits per heavy atom. The Labute approximate surface area is 105 Å². The van der Waals surface area contributed by atoms with Crippen molar-refractivity contribution < 1.29 is 0 Å². The highest BCUT2D eigenvalue weighted by atomic mass is 32.3. The van der Waals surface area contributed by atoms with Crippen molar-refractivity contribution in [2.24, 2.45) is 0 Å². The average Bonchev–Trinajstić information content (AvgIpc) is 3.02. The summed E-state index contributed by atoms with van der Waals surface area (Å²) in [7, 11) is 0. The van der Waals surface area contributed by atoms with Crippen LogP contribution in [-0.2, 0) is 0 Å². The van der Waals surface area contributed by atoms with Crippen molar-refractivity contribution in [3.8, 4) is 0 Å². The molecule has 0 amide bonds. The number of thiol groups is 1. The Balaban J connectivity index is 2.09. The van der Waals surface area contributed by atoms with Crippen LogP contribution in [0.25, 0.3) is 0 Å². The van der Waals surface area contributed by atoms with Gasteiger partial charge in [-0.05, 0) is 35.0 Å². The predicted octanol–water partition coefficient (Wildman–Crippen LogP) is 4.49. The topological polar surface area (TPSA) is 4.93 Å². The van der Waals surface area contributed by atoms with Crippen LogP contribution in [0.5, 0.6) is 0 Å². The van der Waals surface area contributed by atoms with E-state index in [0.29, 0.717) is 0 Å². The molecule has 0 atom stereocenters. The fourth-order valence-electron chi connectivity index (χ4n) is 1.58. The molecular weight excluding hydrogens is 254 g/mol. The van der Waals surface area contributed by atoms with E-state index in [-0.39, 0.29) is 11.1 Å². The maximum atomic E-state index is 2.33. The average molecular weight is 265 g/mol. The lowest BCUT2D eigenvalue weighted by molar-refractivity contribution is 1.25. The van der Waals surface area contributed by atoms with Crippen LogP contribution in [0.15, 0.2) is 68.0 Å². The first kappa shape index (κ1) is 10.2. The number of nitrogens with zero attached hydrogens (tertiary/aromatic N) is 1. The molecular formula is C12H11NS3. The molecule has 3 aromatic heterocycles. The lowest BCUT2D eigenvalue weighted by Gasteiger charge is -2.20.